The van der Waals surface area contributed by atoms with E-state index < -0.39 is 0 Å². The molecule has 0 unspecified atom stereocenters. The van der Waals surface area contributed by atoms with Crippen LogP contribution in [0.3, 0.4) is 0 Å². The van der Waals surface area contributed by atoms with Crippen LogP contribution in [0.15, 0.2) is 0 Å². The number of ether oxygens (including phenoxy) is 1. The first-order valence-electron chi connectivity index (χ1n) is 5.07. The highest BCUT2D eigenvalue weighted by Crippen LogP contribution is 2.44. The van der Waals surface area contributed by atoms with Crippen LogP contribution in [0.25, 0.3) is 0 Å². The van der Waals surface area contributed by atoms with Crippen LogP contribution in [0.2, 0.25) is 0 Å². The molecule has 3 nitrogen and oxygen atoms in total. The van der Waals surface area contributed by atoms with Gasteiger partial charge in [-0.3, -0.25) is 4.79 Å². The third-order valence-electron chi connectivity index (χ3n) is 3.51. The van der Waals surface area contributed by atoms with Crippen molar-refractivity contribution in [2.75, 3.05) is 13.7 Å². The smallest absolute Gasteiger partial charge is 0.322 e. The first-order chi connectivity index (χ1) is 6.26. The molecule has 3 heteroatoms. The third-order valence-corrected chi connectivity index (χ3v) is 3.51. The highest BCUT2D eigenvalue weighted by molar-refractivity contribution is 5.76. The van der Waals surface area contributed by atoms with E-state index in [1.54, 1.807) is 0 Å². The van der Waals surface area contributed by atoms with Crippen LogP contribution in [0.4, 0.5) is 0 Å². The fourth-order valence-electron chi connectivity index (χ4n) is 2.73. The molecule has 0 aromatic rings. The molecule has 0 amide bonds. The topological polar surface area (TPSA) is 38.3 Å². The van der Waals surface area contributed by atoms with Gasteiger partial charge in [-0.05, 0) is 24.7 Å². The molecule has 1 atom stereocenters. The van der Waals surface area contributed by atoms with Crippen molar-refractivity contribution in [3.8, 4) is 0 Å². The average molecular weight is 183 g/mol. The minimum Gasteiger partial charge on any atom is -0.468 e. The fraction of sp³-hybridized carbons (Fsp3) is 0.900. The van der Waals surface area contributed by atoms with E-state index in [1.807, 2.05) is 0 Å². The van der Waals surface area contributed by atoms with E-state index >= 15 is 0 Å². The van der Waals surface area contributed by atoms with E-state index in [0.29, 0.717) is 5.41 Å². The number of carbonyl (C=O) groups excluding carboxylic acids is 1. The number of esters is 1. The molecule has 0 aromatic heterocycles. The van der Waals surface area contributed by atoms with E-state index in [9.17, 15) is 4.79 Å². The Kier molecular flexibility index (Phi) is 2.28. The second-order valence-corrected chi connectivity index (χ2v) is 4.37. The van der Waals surface area contributed by atoms with Gasteiger partial charge in [0.2, 0.25) is 0 Å². The Morgan fingerprint density at radius 1 is 1.46 bits per heavy atom. The summed E-state index contributed by atoms with van der Waals surface area (Å²) < 4.78 is 4.74. The zero-order chi connectivity index (χ0) is 9.31. The monoisotopic (exact) mass is 183 g/mol. The quantitative estimate of drug-likeness (QED) is 0.618. The molecule has 0 bridgehead atoms. The Balaban J connectivity index is 1.96. The maximum Gasteiger partial charge on any atom is 0.322 e. The van der Waals surface area contributed by atoms with Crippen molar-refractivity contribution in [3.05, 3.63) is 0 Å². The highest BCUT2D eigenvalue weighted by atomic mass is 16.5. The Labute approximate surface area is 78.8 Å². The SMILES string of the molecule is COC(=O)[C@@H]1CC2(CCCC2)CN1. The molecule has 1 heterocycles. The molecule has 1 saturated carbocycles. The predicted octanol–water partition coefficient (Wildman–Crippen LogP) is 1.08. The van der Waals surface area contributed by atoms with Gasteiger partial charge in [-0.25, -0.2) is 0 Å². The van der Waals surface area contributed by atoms with Gasteiger partial charge >= 0.3 is 5.97 Å². The van der Waals surface area contributed by atoms with Gasteiger partial charge in [-0.15, -0.1) is 0 Å². The Morgan fingerprint density at radius 3 is 2.77 bits per heavy atom. The molecule has 2 aliphatic rings. The summed E-state index contributed by atoms with van der Waals surface area (Å²) in [5, 5.41) is 3.27. The largest absolute Gasteiger partial charge is 0.468 e. The Hall–Kier alpha value is -0.570. The van der Waals surface area contributed by atoms with Crippen LogP contribution in [0, 0.1) is 5.41 Å². The summed E-state index contributed by atoms with van der Waals surface area (Å²) in [7, 11) is 1.46. The maximum absolute atomic E-state index is 11.3. The van der Waals surface area contributed by atoms with Gasteiger partial charge in [0.1, 0.15) is 6.04 Å². The van der Waals surface area contributed by atoms with Crippen molar-refractivity contribution in [2.45, 2.75) is 38.1 Å². The van der Waals surface area contributed by atoms with Gasteiger partial charge in [0.25, 0.3) is 0 Å². The molecule has 0 radical (unpaired) electrons. The lowest BCUT2D eigenvalue weighted by Gasteiger charge is -2.20. The van der Waals surface area contributed by atoms with Crippen LogP contribution < -0.4 is 5.32 Å². The van der Waals surface area contributed by atoms with Crippen molar-refractivity contribution in [2.24, 2.45) is 5.41 Å². The minimum absolute atomic E-state index is 0.0388. The standard InChI is InChI=1S/C10H17NO2/c1-13-9(12)8-6-10(7-11-8)4-2-3-5-10/h8,11H,2-7H2,1H3/t8-/m0/s1. The van der Waals surface area contributed by atoms with E-state index in [4.69, 9.17) is 4.74 Å². The molecule has 1 saturated heterocycles. The zero-order valence-electron chi connectivity index (χ0n) is 8.14. The number of rotatable bonds is 1. The van der Waals surface area contributed by atoms with E-state index in [2.05, 4.69) is 5.32 Å². The van der Waals surface area contributed by atoms with Gasteiger partial charge in [0.15, 0.2) is 0 Å². The van der Waals surface area contributed by atoms with Gasteiger partial charge in [-0.1, -0.05) is 12.8 Å². The molecule has 2 rings (SSSR count). The normalized spacial score (nSPS) is 31.0. The van der Waals surface area contributed by atoms with Gasteiger partial charge in [0.05, 0.1) is 7.11 Å². The van der Waals surface area contributed by atoms with E-state index in [-0.39, 0.29) is 12.0 Å². The number of methoxy groups -OCH3 is 1. The number of hydrogen-bond donors (Lipinski definition) is 1. The molecule has 1 aliphatic heterocycles. The van der Waals surface area contributed by atoms with Crippen LogP contribution in [-0.4, -0.2) is 25.7 Å². The highest BCUT2D eigenvalue weighted by Gasteiger charge is 2.43. The molecule has 74 valence electrons. The first kappa shape index (κ1) is 9.00. The minimum atomic E-state index is -0.0937. The summed E-state index contributed by atoms with van der Waals surface area (Å²) in [6.45, 7) is 1.01. The van der Waals surface area contributed by atoms with Gasteiger partial charge < -0.3 is 10.1 Å². The summed E-state index contributed by atoms with van der Waals surface area (Å²) in [5.41, 5.74) is 0.429. The van der Waals surface area contributed by atoms with E-state index in [1.165, 1.54) is 32.8 Å². The van der Waals surface area contributed by atoms with Crippen molar-refractivity contribution < 1.29 is 9.53 Å². The maximum atomic E-state index is 11.3. The van der Waals surface area contributed by atoms with Gasteiger partial charge in [0, 0.05) is 6.54 Å². The van der Waals surface area contributed by atoms with Crippen LogP contribution in [-0.2, 0) is 9.53 Å². The second kappa shape index (κ2) is 3.29. The van der Waals surface area contributed by atoms with Crippen molar-refractivity contribution in [1.29, 1.82) is 0 Å². The van der Waals surface area contributed by atoms with E-state index in [0.717, 1.165) is 13.0 Å². The van der Waals surface area contributed by atoms with Crippen molar-refractivity contribution in [3.63, 3.8) is 0 Å². The summed E-state index contributed by atoms with van der Waals surface area (Å²) in [5.74, 6) is -0.0937. The van der Waals surface area contributed by atoms with Crippen LogP contribution >= 0.6 is 0 Å². The Bertz CT molecular complexity index is 209. The summed E-state index contributed by atoms with van der Waals surface area (Å²) in [6.07, 6.45) is 6.21. The van der Waals surface area contributed by atoms with Crippen molar-refractivity contribution >= 4 is 5.97 Å². The first-order valence-corrected chi connectivity index (χ1v) is 5.07. The van der Waals surface area contributed by atoms with Crippen LogP contribution in [0.5, 0.6) is 0 Å². The molecule has 1 N–H and O–H groups in total. The number of hydrogen-bond acceptors (Lipinski definition) is 3. The molecule has 1 aliphatic carbocycles. The molecule has 2 fully saturated rings. The summed E-state index contributed by atoms with van der Waals surface area (Å²) >= 11 is 0. The number of nitrogens with one attached hydrogen (secondary N) is 1. The fourth-order valence-corrected chi connectivity index (χ4v) is 2.73. The average Bonchev–Trinajstić information content (AvgIpc) is 2.76. The van der Waals surface area contributed by atoms with Crippen LogP contribution in [0.1, 0.15) is 32.1 Å². The molecule has 13 heavy (non-hydrogen) atoms. The molecule has 0 aromatic carbocycles. The lowest BCUT2D eigenvalue weighted by atomic mass is 9.84. The summed E-state index contributed by atoms with van der Waals surface area (Å²) in [4.78, 5) is 11.3. The molecular formula is C10H17NO2. The van der Waals surface area contributed by atoms with Crippen molar-refractivity contribution in [1.82, 2.24) is 5.32 Å². The number of carbonyl (C=O) groups is 1. The van der Waals surface area contributed by atoms with Gasteiger partial charge in [-0.2, -0.15) is 0 Å². The second-order valence-electron chi connectivity index (χ2n) is 4.37. The predicted molar refractivity (Wildman–Crippen MR) is 49.3 cm³/mol. The Morgan fingerprint density at radius 2 is 2.15 bits per heavy atom. The lowest BCUT2D eigenvalue weighted by molar-refractivity contribution is -0.142. The molecular weight excluding hydrogens is 166 g/mol. The lowest BCUT2D eigenvalue weighted by Crippen LogP contribution is -2.31. The summed E-state index contributed by atoms with van der Waals surface area (Å²) in [6, 6.07) is -0.0388. The zero-order valence-corrected chi connectivity index (χ0v) is 8.14. The molecule has 1 spiro atoms. The third kappa shape index (κ3) is 1.57.